The van der Waals surface area contributed by atoms with E-state index in [1.54, 1.807) is 0 Å². The van der Waals surface area contributed by atoms with Gasteiger partial charge in [-0.25, -0.2) is 0 Å². The molecule has 0 saturated heterocycles. The van der Waals surface area contributed by atoms with Crippen LogP contribution in [0.25, 0.3) is 0 Å². The molecule has 2 saturated carbocycles. The van der Waals surface area contributed by atoms with Crippen LogP contribution in [0.1, 0.15) is 65.7 Å². The van der Waals surface area contributed by atoms with Crippen LogP contribution in [0.15, 0.2) is 0 Å². The fourth-order valence-electron chi connectivity index (χ4n) is 5.32. The van der Waals surface area contributed by atoms with Gasteiger partial charge in [0, 0.05) is 11.6 Å². The van der Waals surface area contributed by atoms with Gasteiger partial charge in [0.25, 0.3) is 0 Å². The van der Waals surface area contributed by atoms with Crippen LogP contribution in [0.2, 0.25) is 0 Å². The minimum Gasteiger partial charge on any atom is -0.312 e. The second-order valence-electron chi connectivity index (χ2n) is 7.92. The smallest absolute Gasteiger partial charge is 0.0359 e. The summed E-state index contributed by atoms with van der Waals surface area (Å²) in [4.78, 5) is 2.55. The van der Waals surface area contributed by atoms with Crippen LogP contribution < -0.4 is 5.32 Å². The predicted octanol–water partition coefficient (Wildman–Crippen LogP) is 3.91. The van der Waals surface area contributed by atoms with E-state index in [0.717, 1.165) is 24.3 Å². The van der Waals surface area contributed by atoms with Crippen molar-refractivity contribution in [3.8, 4) is 0 Å². The molecule has 0 spiro atoms. The molecule has 0 aromatic heterocycles. The van der Waals surface area contributed by atoms with Crippen molar-refractivity contribution >= 4 is 0 Å². The Morgan fingerprint density at radius 3 is 2.05 bits per heavy atom. The molecule has 0 amide bonds. The molecule has 2 nitrogen and oxygen atoms in total. The molecule has 0 aromatic rings. The highest BCUT2D eigenvalue weighted by Gasteiger charge is 2.47. The molecule has 0 heterocycles. The molecule has 0 radical (unpaired) electrons. The van der Waals surface area contributed by atoms with Crippen molar-refractivity contribution < 1.29 is 0 Å². The van der Waals surface area contributed by atoms with Gasteiger partial charge in [-0.15, -0.1) is 0 Å². The van der Waals surface area contributed by atoms with Gasteiger partial charge in [0.1, 0.15) is 0 Å². The van der Waals surface area contributed by atoms with E-state index in [9.17, 15) is 0 Å². The molecule has 118 valence electrons. The molecule has 0 aliphatic heterocycles. The Bertz CT molecular complexity index is 284. The maximum atomic E-state index is 3.92. The minimum atomic E-state index is 0.414. The summed E-state index contributed by atoms with van der Waals surface area (Å²) in [6.45, 7) is 8.31. The van der Waals surface area contributed by atoms with E-state index in [4.69, 9.17) is 0 Å². The van der Waals surface area contributed by atoms with Crippen LogP contribution >= 0.6 is 0 Å². The zero-order valence-corrected chi connectivity index (χ0v) is 14.4. The zero-order chi connectivity index (χ0) is 14.8. The molecule has 2 fully saturated rings. The Morgan fingerprint density at radius 1 is 1.05 bits per heavy atom. The van der Waals surface area contributed by atoms with Gasteiger partial charge in [0.15, 0.2) is 0 Å². The maximum Gasteiger partial charge on any atom is 0.0359 e. The Hall–Kier alpha value is -0.0800. The summed E-state index contributed by atoms with van der Waals surface area (Å²) in [5.41, 5.74) is 0.414. The van der Waals surface area contributed by atoms with Crippen LogP contribution in [0.5, 0.6) is 0 Å². The SMILES string of the molecule is CCNC(C1CC(C)CC(C)C1)C1(N(C)C)CCCC1. The van der Waals surface area contributed by atoms with Crippen LogP contribution in [-0.4, -0.2) is 37.1 Å². The highest BCUT2D eigenvalue weighted by molar-refractivity contribution is 5.05. The van der Waals surface area contributed by atoms with E-state index in [1.807, 2.05) is 0 Å². The first-order valence-corrected chi connectivity index (χ1v) is 8.90. The first kappa shape index (κ1) is 16.3. The van der Waals surface area contributed by atoms with Crippen molar-refractivity contribution in [1.82, 2.24) is 10.2 Å². The predicted molar refractivity (Wildman–Crippen MR) is 88.0 cm³/mol. The molecular formula is C18H36N2. The van der Waals surface area contributed by atoms with E-state index in [0.29, 0.717) is 11.6 Å². The fourth-order valence-corrected chi connectivity index (χ4v) is 5.32. The molecule has 2 rings (SSSR count). The van der Waals surface area contributed by atoms with Gasteiger partial charge >= 0.3 is 0 Å². The number of likely N-dealkylation sites (N-methyl/N-ethyl adjacent to an activating group) is 2. The summed E-state index contributed by atoms with van der Waals surface area (Å²) in [6.07, 6.45) is 9.89. The van der Waals surface area contributed by atoms with Gasteiger partial charge in [0.05, 0.1) is 0 Å². The Kier molecular flexibility index (Phi) is 5.53. The molecule has 3 unspecified atom stereocenters. The first-order chi connectivity index (χ1) is 9.49. The van der Waals surface area contributed by atoms with Crippen LogP contribution in [0, 0.1) is 17.8 Å². The number of nitrogens with zero attached hydrogens (tertiary/aromatic N) is 1. The van der Waals surface area contributed by atoms with Crippen LogP contribution in [0.3, 0.4) is 0 Å². The van der Waals surface area contributed by atoms with Gasteiger partial charge in [-0.3, -0.25) is 0 Å². The van der Waals surface area contributed by atoms with Gasteiger partial charge in [-0.2, -0.15) is 0 Å². The van der Waals surface area contributed by atoms with Gasteiger partial charge in [-0.05, 0) is 70.5 Å². The quantitative estimate of drug-likeness (QED) is 0.821. The number of hydrogen-bond acceptors (Lipinski definition) is 2. The lowest BCUT2D eigenvalue weighted by Crippen LogP contribution is -2.61. The third kappa shape index (κ3) is 3.22. The molecule has 3 atom stereocenters. The van der Waals surface area contributed by atoms with Gasteiger partial charge < -0.3 is 10.2 Å². The average molecular weight is 280 g/mol. The van der Waals surface area contributed by atoms with Crippen LogP contribution in [0.4, 0.5) is 0 Å². The van der Waals surface area contributed by atoms with E-state index in [1.165, 1.54) is 44.9 Å². The average Bonchev–Trinajstić information content (AvgIpc) is 2.85. The summed E-state index contributed by atoms with van der Waals surface area (Å²) in [6, 6.07) is 0.690. The lowest BCUT2D eigenvalue weighted by Gasteiger charge is -2.49. The summed E-state index contributed by atoms with van der Waals surface area (Å²) in [5, 5.41) is 3.92. The summed E-state index contributed by atoms with van der Waals surface area (Å²) >= 11 is 0. The third-order valence-electron chi connectivity index (χ3n) is 6.05. The number of nitrogens with one attached hydrogen (secondary N) is 1. The third-order valence-corrected chi connectivity index (χ3v) is 6.05. The van der Waals surface area contributed by atoms with E-state index < -0.39 is 0 Å². The number of rotatable bonds is 5. The standard InChI is InChI=1S/C18H36N2/c1-6-19-17(16-12-14(2)11-15(3)13-16)18(20(4)5)9-7-8-10-18/h14-17,19H,6-13H2,1-5H3. The molecule has 20 heavy (non-hydrogen) atoms. The van der Waals surface area contributed by atoms with E-state index in [-0.39, 0.29) is 0 Å². The lowest BCUT2D eigenvalue weighted by atomic mass is 9.68. The van der Waals surface area contributed by atoms with Crippen molar-refractivity contribution in [3.05, 3.63) is 0 Å². The monoisotopic (exact) mass is 280 g/mol. The molecule has 2 heteroatoms. The van der Waals surface area contributed by atoms with E-state index in [2.05, 4.69) is 45.1 Å². The minimum absolute atomic E-state index is 0.414. The Morgan fingerprint density at radius 2 is 1.60 bits per heavy atom. The largest absolute Gasteiger partial charge is 0.312 e. The molecule has 2 aliphatic carbocycles. The first-order valence-electron chi connectivity index (χ1n) is 8.90. The number of hydrogen-bond donors (Lipinski definition) is 1. The summed E-state index contributed by atoms with van der Waals surface area (Å²) in [7, 11) is 4.62. The van der Waals surface area contributed by atoms with Crippen LogP contribution in [-0.2, 0) is 0 Å². The molecule has 2 aliphatic rings. The second kappa shape index (κ2) is 6.79. The molecular weight excluding hydrogens is 244 g/mol. The second-order valence-corrected chi connectivity index (χ2v) is 7.92. The van der Waals surface area contributed by atoms with Crippen molar-refractivity contribution in [2.75, 3.05) is 20.6 Å². The molecule has 0 bridgehead atoms. The van der Waals surface area contributed by atoms with Crippen molar-refractivity contribution in [2.45, 2.75) is 77.3 Å². The Labute approximate surface area is 126 Å². The van der Waals surface area contributed by atoms with Crippen molar-refractivity contribution in [2.24, 2.45) is 17.8 Å². The van der Waals surface area contributed by atoms with Gasteiger partial charge in [0.2, 0.25) is 0 Å². The van der Waals surface area contributed by atoms with Crippen molar-refractivity contribution in [3.63, 3.8) is 0 Å². The summed E-state index contributed by atoms with van der Waals surface area (Å²) < 4.78 is 0. The fraction of sp³-hybridized carbons (Fsp3) is 1.00. The highest BCUT2D eigenvalue weighted by Crippen LogP contribution is 2.44. The van der Waals surface area contributed by atoms with E-state index >= 15 is 0 Å². The molecule has 1 N–H and O–H groups in total. The summed E-state index contributed by atoms with van der Waals surface area (Å²) in [5.74, 6) is 2.69. The molecule has 0 aromatic carbocycles. The highest BCUT2D eigenvalue weighted by atomic mass is 15.2. The Balaban J connectivity index is 2.20. The topological polar surface area (TPSA) is 15.3 Å². The normalized spacial score (nSPS) is 35.4. The zero-order valence-electron chi connectivity index (χ0n) is 14.4. The van der Waals surface area contributed by atoms with Crippen molar-refractivity contribution in [1.29, 1.82) is 0 Å². The lowest BCUT2D eigenvalue weighted by molar-refractivity contribution is 0.0454. The van der Waals surface area contributed by atoms with Gasteiger partial charge in [-0.1, -0.05) is 33.6 Å². The maximum absolute atomic E-state index is 3.92.